The first-order valence-electron chi connectivity index (χ1n) is 5.03. The Hall–Kier alpha value is -1.49. The molecule has 1 aromatic carbocycles. The second-order valence-electron chi connectivity index (χ2n) is 3.36. The summed E-state index contributed by atoms with van der Waals surface area (Å²) in [6.45, 7) is 0.707. The van der Waals surface area contributed by atoms with Crippen molar-refractivity contribution in [1.29, 1.82) is 0 Å². The normalized spacial score (nSPS) is 10.2. The molecule has 0 aliphatic heterocycles. The zero-order valence-corrected chi connectivity index (χ0v) is 9.02. The number of amides is 1. The first-order chi connectivity index (χ1) is 7.65. The number of rotatable bonds is 5. The number of hydrogen-bond acceptors (Lipinski definition) is 2. The number of nitrogens with one attached hydrogen (secondary N) is 2. The van der Waals surface area contributed by atoms with Gasteiger partial charge in [0.1, 0.15) is 0 Å². The van der Waals surface area contributed by atoms with Crippen molar-refractivity contribution in [1.82, 2.24) is 5.32 Å². The third-order valence-corrected chi connectivity index (χ3v) is 2.06. The van der Waals surface area contributed by atoms with E-state index in [2.05, 4.69) is 10.6 Å². The SMILES string of the molecule is CNCCCC(=O)Nc1cccc(F)c1F. The van der Waals surface area contributed by atoms with Crippen LogP contribution in [0.3, 0.4) is 0 Å². The molecular formula is C11H14F2N2O. The van der Waals surface area contributed by atoms with Crippen LogP contribution >= 0.6 is 0 Å². The highest BCUT2D eigenvalue weighted by Gasteiger charge is 2.09. The number of carbonyl (C=O) groups excluding carboxylic acids is 1. The van der Waals surface area contributed by atoms with E-state index in [1.54, 1.807) is 7.05 Å². The minimum atomic E-state index is -1.02. The lowest BCUT2D eigenvalue weighted by Gasteiger charge is -2.06. The zero-order valence-electron chi connectivity index (χ0n) is 9.02. The van der Waals surface area contributed by atoms with Gasteiger partial charge in [-0.2, -0.15) is 0 Å². The van der Waals surface area contributed by atoms with E-state index in [4.69, 9.17) is 0 Å². The molecule has 0 radical (unpaired) electrons. The molecule has 0 heterocycles. The van der Waals surface area contributed by atoms with E-state index in [0.29, 0.717) is 13.0 Å². The Kier molecular flexibility index (Phi) is 4.85. The maximum Gasteiger partial charge on any atom is 0.224 e. The topological polar surface area (TPSA) is 41.1 Å². The predicted octanol–water partition coefficient (Wildman–Crippen LogP) is 1.90. The van der Waals surface area contributed by atoms with E-state index in [-0.39, 0.29) is 18.0 Å². The fourth-order valence-corrected chi connectivity index (χ4v) is 1.24. The van der Waals surface area contributed by atoms with Crippen LogP contribution in [0, 0.1) is 11.6 Å². The third-order valence-electron chi connectivity index (χ3n) is 2.06. The molecule has 2 N–H and O–H groups in total. The molecule has 3 nitrogen and oxygen atoms in total. The monoisotopic (exact) mass is 228 g/mol. The van der Waals surface area contributed by atoms with Crippen LogP contribution in [-0.2, 0) is 4.79 Å². The van der Waals surface area contributed by atoms with Gasteiger partial charge in [0.05, 0.1) is 5.69 Å². The molecule has 0 fully saturated rings. The lowest BCUT2D eigenvalue weighted by Crippen LogP contribution is -2.16. The van der Waals surface area contributed by atoms with Crippen molar-refractivity contribution in [2.24, 2.45) is 0 Å². The number of anilines is 1. The summed E-state index contributed by atoms with van der Waals surface area (Å²) in [6.07, 6.45) is 0.927. The van der Waals surface area contributed by atoms with Gasteiger partial charge in [-0.3, -0.25) is 4.79 Å². The smallest absolute Gasteiger partial charge is 0.224 e. The van der Waals surface area contributed by atoms with Crippen LogP contribution in [0.4, 0.5) is 14.5 Å². The van der Waals surface area contributed by atoms with Gasteiger partial charge < -0.3 is 10.6 Å². The van der Waals surface area contributed by atoms with Crippen molar-refractivity contribution in [2.45, 2.75) is 12.8 Å². The summed E-state index contributed by atoms with van der Waals surface area (Å²) in [4.78, 5) is 11.3. The Morgan fingerprint density at radius 2 is 2.12 bits per heavy atom. The van der Waals surface area contributed by atoms with E-state index in [0.717, 1.165) is 6.07 Å². The van der Waals surface area contributed by atoms with Crippen LogP contribution < -0.4 is 10.6 Å². The lowest BCUT2D eigenvalue weighted by molar-refractivity contribution is -0.116. The summed E-state index contributed by atoms with van der Waals surface area (Å²) in [6, 6.07) is 3.68. The highest BCUT2D eigenvalue weighted by molar-refractivity contribution is 5.90. The summed E-state index contributed by atoms with van der Waals surface area (Å²) < 4.78 is 25.9. The Morgan fingerprint density at radius 1 is 1.38 bits per heavy atom. The summed E-state index contributed by atoms with van der Waals surface area (Å²) in [7, 11) is 1.78. The maximum atomic E-state index is 13.1. The lowest BCUT2D eigenvalue weighted by atomic mass is 10.2. The standard InChI is InChI=1S/C11H14F2N2O/c1-14-7-3-6-10(16)15-9-5-2-4-8(12)11(9)13/h2,4-5,14H,3,6-7H2,1H3,(H,15,16). The van der Waals surface area contributed by atoms with Crippen LogP contribution in [0.1, 0.15) is 12.8 Å². The Bertz CT molecular complexity index is 369. The van der Waals surface area contributed by atoms with Gasteiger partial charge in [0.2, 0.25) is 5.91 Å². The second-order valence-corrected chi connectivity index (χ2v) is 3.36. The molecule has 0 bridgehead atoms. The molecular weight excluding hydrogens is 214 g/mol. The average molecular weight is 228 g/mol. The highest BCUT2D eigenvalue weighted by Crippen LogP contribution is 2.16. The number of halogens is 2. The van der Waals surface area contributed by atoms with Gasteiger partial charge in [0.15, 0.2) is 11.6 Å². The van der Waals surface area contributed by atoms with Gasteiger partial charge >= 0.3 is 0 Å². The molecule has 0 saturated heterocycles. The number of benzene rings is 1. The highest BCUT2D eigenvalue weighted by atomic mass is 19.2. The first-order valence-corrected chi connectivity index (χ1v) is 5.03. The fourth-order valence-electron chi connectivity index (χ4n) is 1.24. The van der Waals surface area contributed by atoms with Crippen LogP contribution in [0.5, 0.6) is 0 Å². The van der Waals surface area contributed by atoms with Gasteiger partial charge in [0, 0.05) is 6.42 Å². The summed E-state index contributed by atoms with van der Waals surface area (Å²) in [5, 5.41) is 5.22. The van der Waals surface area contributed by atoms with Crippen LogP contribution in [-0.4, -0.2) is 19.5 Å². The van der Waals surface area contributed by atoms with Crippen LogP contribution in [0.25, 0.3) is 0 Å². The zero-order chi connectivity index (χ0) is 12.0. The molecule has 0 aromatic heterocycles. The van der Waals surface area contributed by atoms with Crippen molar-refractivity contribution in [3.63, 3.8) is 0 Å². The van der Waals surface area contributed by atoms with Gasteiger partial charge in [-0.05, 0) is 32.1 Å². The molecule has 0 aliphatic rings. The molecule has 0 spiro atoms. The Labute approximate surface area is 92.8 Å². The number of hydrogen-bond donors (Lipinski definition) is 2. The minimum Gasteiger partial charge on any atom is -0.324 e. The molecule has 1 amide bonds. The molecule has 88 valence electrons. The van der Waals surface area contributed by atoms with Crippen molar-refractivity contribution >= 4 is 11.6 Å². The summed E-state index contributed by atoms with van der Waals surface area (Å²) >= 11 is 0. The van der Waals surface area contributed by atoms with Crippen molar-refractivity contribution in [3.8, 4) is 0 Å². The fraction of sp³-hybridized carbons (Fsp3) is 0.364. The van der Waals surface area contributed by atoms with Crippen LogP contribution in [0.15, 0.2) is 18.2 Å². The van der Waals surface area contributed by atoms with Gasteiger partial charge in [-0.1, -0.05) is 6.07 Å². The molecule has 1 rings (SSSR count). The quantitative estimate of drug-likeness (QED) is 0.756. The molecule has 0 unspecified atom stereocenters. The molecule has 0 saturated carbocycles. The third kappa shape index (κ3) is 3.58. The number of carbonyl (C=O) groups is 1. The molecule has 16 heavy (non-hydrogen) atoms. The van der Waals surface area contributed by atoms with E-state index in [1.165, 1.54) is 12.1 Å². The average Bonchev–Trinajstić information content (AvgIpc) is 2.25. The molecule has 1 aromatic rings. The van der Waals surface area contributed by atoms with Crippen molar-refractivity contribution < 1.29 is 13.6 Å². The first kappa shape index (κ1) is 12.6. The van der Waals surface area contributed by atoms with E-state index in [1.807, 2.05) is 0 Å². The Balaban J connectivity index is 2.53. The van der Waals surface area contributed by atoms with E-state index in [9.17, 15) is 13.6 Å². The van der Waals surface area contributed by atoms with E-state index < -0.39 is 11.6 Å². The maximum absolute atomic E-state index is 13.1. The van der Waals surface area contributed by atoms with E-state index >= 15 is 0 Å². The summed E-state index contributed by atoms with van der Waals surface area (Å²) in [5.74, 6) is -2.31. The van der Waals surface area contributed by atoms with Gasteiger partial charge in [-0.25, -0.2) is 8.78 Å². The Morgan fingerprint density at radius 3 is 2.81 bits per heavy atom. The van der Waals surface area contributed by atoms with Gasteiger partial charge in [0.25, 0.3) is 0 Å². The predicted molar refractivity (Wildman–Crippen MR) is 58.1 cm³/mol. The summed E-state index contributed by atoms with van der Waals surface area (Å²) in [5.41, 5.74) is -0.116. The van der Waals surface area contributed by atoms with Crippen molar-refractivity contribution in [2.75, 3.05) is 18.9 Å². The van der Waals surface area contributed by atoms with Crippen molar-refractivity contribution in [3.05, 3.63) is 29.8 Å². The minimum absolute atomic E-state index is 0.116. The van der Waals surface area contributed by atoms with Gasteiger partial charge in [-0.15, -0.1) is 0 Å². The second kappa shape index (κ2) is 6.17. The van der Waals surface area contributed by atoms with Crippen LogP contribution in [0.2, 0.25) is 0 Å². The molecule has 5 heteroatoms. The largest absolute Gasteiger partial charge is 0.324 e. The molecule has 0 aliphatic carbocycles. The molecule has 0 atom stereocenters.